The molecule has 0 aliphatic carbocycles. The zero-order valence-electron chi connectivity index (χ0n) is 7.10. The van der Waals surface area contributed by atoms with Crippen molar-refractivity contribution in [3.05, 3.63) is 21.8 Å². The van der Waals surface area contributed by atoms with Crippen molar-refractivity contribution in [2.75, 3.05) is 7.11 Å². The van der Waals surface area contributed by atoms with Gasteiger partial charge in [0.15, 0.2) is 0 Å². The molecule has 0 aliphatic heterocycles. The number of hydrogen-bond donors (Lipinski definition) is 1. The lowest BCUT2D eigenvalue weighted by molar-refractivity contribution is 0.392. The molecule has 0 saturated heterocycles. The molecule has 0 fully saturated rings. The van der Waals surface area contributed by atoms with Gasteiger partial charge in [-0.1, -0.05) is 0 Å². The first-order valence-corrected chi connectivity index (χ1v) is 4.38. The minimum atomic E-state index is 0.414. The Kier molecular flexibility index (Phi) is 3.05. The molecule has 1 heterocycles. The molecule has 4 heteroatoms. The topological polar surface area (TPSA) is 48.1 Å². The van der Waals surface area contributed by atoms with Gasteiger partial charge in [0.2, 0.25) is 5.88 Å². The Morgan fingerprint density at radius 1 is 1.67 bits per heavy atom. The maximum absolute atomic E-state index is 5.48. The highest BCUT2D eigenvalue weighted by molar-refractivity contribution is 9.10. The monoisotopic (exact) mass is 230 g/mol. The second-order valence-electron chi connectivity index (χ2n) is 2.45. The normalized spacial score (nSPS) is 10.0. The smallest absolute Gasteiger partial charge is 0.216 e. The number of pyridine rings is 1. The van der Waals surface area contributed by atoms with E-state index in [2.05, 4.69) is 20.9 Å². The number of methoxy groups -OCH3 is 1. The fraction of sp³-hybridized carbons (Fsp3) is 0.375. The molecule has 0 unspecified atom stereocenters. The predicted octanol–water partition coefficient (Wildman–Crippen LogP) is 1.62. The van der Waals surface area contributed by atoms with E-state index in [9.17, 15) is 0 Å². The number of halogens is 1. The zero-order chi connectivity index (χ0) is 9.14. The minimum Gasteiger partial charge on any atom is -0.481 e. The van der Waals surface area contributed by atoms with Crippen LogP contribution in [0.4, 0.5) is 0 Å². The molecular weight excluding hydrogens is 220 g/mol. The van der Waals surface area contributed by atoms with Crippen molar-refractivity contribution in [1.82, 2.24) is 4.98 Å². The molecule has 0 radical (unpaired) electrons. The van der Waals surface area contributed by atoms with E-state index in [1.165, 1.54) is 0 Å². The summed E-state index contributed by atoms with van der Waals surface area (Å²) in [5.41, 5.74) is 7.29. The zero-order valence-corrected chi connectivity index (χ0v) is 8.68. The number of nitrogens with two attached hydrogens (primary N) is 1. The summed E-state index contributed by atoms with van der Waals surface area (Å²) >= 11 is 3.37. The van der Waals surface area contributed by atoms with Crippen LogP contribution in [0.2, 0.25) is 0 Å². The van der Waals surface area contributed by atoms with Gasteiger partial charge < -0.3 is 10.5 Å². The van der Waals surface area contributed by atoms with Crippen molar-refractivity contribution in [3.8, 4) is 5.88 Å². The summed E-state index contributed by atoms with van der Waals surface area (Å²) in [6, 6.07) is 1.95. The first-order valence-electron chi connectivity index (χ1n) is 3.59. The van der Waals surface area contributed by atoms with E-state index in [1.807, 2.05) is 13.0 Å². The second kappa shape index (κ2) is 3.87. The Bertz CT molecular complexity index is 263. The number of ether oxygens (including phenoxy) is 1. The molecule has 1 rings (SSSR count). The van der Waals surface area contributed by atoms with Gasteiger partial charge in [-0.2, -0.15) is 0 Å². The van der Waals surface area contributed by atoms with Crippen molar-refractivity contribution in [3.63, 3.8) is 0 Å². The van der Waals surface area contributed by atoms with Crippen LogP contribution in [0.15, 0.2) is 10.5 Å². The highest BCUT2D eigenvalue weighted by atomic mass is 79.9. The largest absolute Gasteiger partial charge is 0.481 e. The molecule has 66 valence electrons. The molecule has 0 saturated carbocycles. The summed E-state index contributed by atoms with van der Waals surface area (Å²) in [5.74, 6) is 0.638. The summed E-state index contributed by atoms with van der Waals surface area (Å²) < 4.78 is 5.99. The molecule has 12 heavy (non-hydrogen) atoms. The van der Waals surface area contributed by atoms with Crippen molar-refractivity contribution in [1.29, 1.82) is 0 Å². The van der Waals surface area contributed by atoms with Gasteiger partial charge in [-0.05, 0) is 28.9 Å². The van der Waals surface area contributed by atoms with Gasteiger partial charge in [-0.25, -0.2) is 4.98 Å². The van der Waals surface area contributed by atoms with Gasteiger partial charge in [0.05, 0.1) is 12.8 Å². The maximum Gasteiger partial charge on any atom is 0.216 e. The van der Waals surface area contributed by atoms with Crippen molar-refractivity contribution in [2.45, 2.75) is 13.5 Å². The van der Waals surface area contributed by atoms with Crippen molar-refractivity contribution in [2.24, 2.45) is 5.73 Å². The lowest BCUT2D eigenvalue weighted by Gasteiger charge is -2.06. The minimum absolute atomic E-state index is 0.414. The SMILES string of the molecule is COc1nc(CN)c(Br)cc1C. The highest BCUT2D eigenvalue weighted by Gasteiger charge is 2.05. The maximum atomic E-state index is 5.48. The summed E-state index contributed by atoms with van der Waals surface area (Å²) in [4.78, 5) is 4.21. The van der Waals surface area contributed by atoms with E-state index < -0.39 is 0 Å². The van der Waals surface area contributed by atoms with E-state index in [0.717, 1.165) is 15.7 Å². The molecule has 0 aromatic carbocycles. The van der Waals surface area contributed by atoms with Gasteiger partial charge in [0, 0.05) is 16.6 Å². The Labute approximate surface area is 80.1 Å². The van der Waals surface area contributed by atoms with Crippen molar-refractivity contribution < 1.29 is 4.74 Å². The summed E-state index contributed by atoms with van der Waals surface area (Å²) in [6.07, 6.45) is 0. The van der Waals surface area contributed by atoms with Crippen LogP contribution in [0.3, 0.4) is 0 Å². The van der Waals surface area contributed by atoms with E-state index in [1.54, 1.807) is 7.11 Å². The standard InChI is InChI=1S/C8H11BrN2O/c1-5-3-6(9)7(4-10)11-8(5)12-2/h3H,4,10H2,1-2H3. The number of rotatable bonds is 2. The molecule has 1 aromatic heterocycles. The molecule has 1 aromatic rings. The Morgan fingerprint density at radius 2 is 2.33 bits per heavy atom. The van der Waals surface area contributed by atoms with Crippen LogP contribution in [0.25, 0.3) is 0 Å². The van der Waals surface area contributed by atoms with Gasteiger partial charge >= 0.3 is 0 Å². The first-order chi connectivity index (χ1) is 5.69. The average Bonchev–Trinajstić information content (AvgIpc) is 2.05. The van der Waals surface area contributed by atoms with Crippen LogP contribution in [-0.4, -0.2) is 12.1 Å². The molecule has 3 nitrogen and oxygen atoms in total. The summed E-state index contributed by atoms with van der Waals surface area (Å²) in [6.45, 7) is 2.36. The van der Waals surface area contributed by atoms with E-state index in [-0.39, 0.29) is 0 Å². The number of aromatic nitrogens is 1. The molecule has 0 aliphatic rings. The molecule has 0 atom stereocenters. The summed E-state index contributed by atoms with van der Waals surface area (Å²) in [5, 5.41) is 0. The Morgan fingerprint density at radius 3 is 2.83 bits per heavy atom. The van der Waals surface area contributed by atoms with E-state index in [0.29, 0.717) is 12.4 Å². The predicted molar refractivity (Wildman–Crippen MR) is 51.1 cm³/mol. The number of aryl methyl sites for hydroxylation is 1. The molecular formula is C8H11BrN2O. The van der Waals surface area contributed by atoms with Gasteiger partial charge in [0.1, 0.15) is 0 Å². The van der Waals surface area contributed by atoms with Gasteiger partial charge in [-0.3, -0.25) is 0 Å². The fourth-order valence-corrected chi connectivity index (χ4v) is 1.54. The van der Waals surface area contributed by atoms with Crippen LogP contribution in [0.5, 0.6) is 5.88 Å². The second-order valence-corrected chi connectivity index (χ2v) is 3.30. The third-order valence-electron chi connectivity index (χ3n) is 1.58. The highest BCUT2D eigenvalue weighted by Crippen LogP contribution is 2.22. The van der Waals surface area contributed by atoms with Crippen molar-refractivity contribution >= 4 is 15.9 Å². The fourth-order valence-electron chi connectivity index (χ4n) is 0.949. The molecule has 0 amide bonds. The average molecular weight is 231 g/mol. The Balaban J connectivity index is 3.18. The quantitative estimate of drug-likeness (QED) is 0.841. The van der Waals surface area contributed by atoms with Gasteiger partial charge in [0.25, 0.3) is 0 Å². The van der Waals surface area contributed by atoms with Crippen LogP contribution in [0, 0.1) is 6.92 Å². The molecule has 2 N–H and O–H groups in total. The molecule has 0 bridgehead atoms. The number of nitrogens with zero attached hydrogens (tertiary/aromatic N) is 1. The third kappa shape index (κ3) is 1.76. The van der Waals surface area contributed by atoms with Crippen LogP contribution in [0.1, 0.15) is 11.3 Å². The van der Waals surface area contributed by atoms with E-state index in [4.69, 9.17) is 10.5 Å². The lowest BCUT2D eigenvalue weighted by atomic mass is 10.2. The first kappa shape index (κ1) is 9.48. The van der Waals surface area contributed by atoms with Crippen LogP contribution >= 0.6 is 15.9 Å². The lowest BCUT2D eigenvalue weighted by Crippen LogP contribution is -2.03. The Hall–Kier alpha value is -0.610. The number of hydrogen-bond acceptors (Lipinski definition) is 3. The molecule has 0 spiro atoms. The van der Waals surface area contributed by atoms with Crippen LogP contribution in [-0.2, 0) is 6.54 Å². The van der Waals surface area contributed by atoms with Gasteiger partial charge in [-0.15, -0.1) is 0 Å². The van der Waals surface area contributed by atoms with E-state index >= 15 is 0 Å². The van der Waals surface area contributed by atoms with Crippen LogP contribution < -0.4 is 10.5 Å². The third-order valence-corrected chi connectivity index (χ3v) is 2.27. The summed E-state index contributed by atoms with van der Waals surface area (Å²) in [7, 11) is 1.60.